The molecule has 0 spiro atoms. The fraction of sp³-hybridized carbons (Fsp3) is 0.391. The largest absolute Gasteiger partial charge is 0.497 e. The lowest BCUT2D eigenvalue weighted by Crippen LogP contribution is -2.52. The summed E-state index contributed by atoms with van der Waals surface area (Å²) in [4.78, 5) is 27.6. The van der Waals surface area contributed by atoms with Gasteiger partial charge in [0.25, 0.3) is 0 Å². The van der Waals surface area contributed by atoms with Crippen molar-refractivity contribution in [1.29, 1.82) is 0 Å². The Balaban J connectivity index is 2.46. The second kappa shape index (κ2) is 12.0. The number of benzene rings is 2. The Labute approximate surface area is 204 Å². The van der Waals surface area contributed by atoms with Gasteiger partial charge >= 0.3 is 0 Å². The molecule has 0 saturated carbocycles. The lowest BCUT2D eigenvalue weighted by atomic mass is 10.1. The van der Waals surface area contributed by atoms with E-state index in [1.165, 1.54) is 18.1 Å². The van der Waals surface area contributed by atoms with Crippen LogP contribution in [0.1, 0.15) is 25.8 Å². The topological polar surface area (TPSA) is 96.0 Å². The summed E-state index contributed by atoms with van der Waals surface area (Å²) in [6.45, 7) is 3.36. The van der Waals surface area contributed by atoms with Gasteiger partial charge in [-0.3, -0.25) is 13.9 Å². The van der Waals surface area contributed by atoms with E-state index in [2.05, 4.69) is 5.32 Å². The van der Waals surface area contributed by atoms with Crippen molar-refractivity contribution in [3.63, 3.8) is 0 Å². The molecule has 1 N–H and O–H groups in total. The lowest BCUT2D eigenvalue weighted by molar-refractivity contribution is -0.140. The van der Waals surface area contributed by atoms with Crippen LogP contribution in [0.3, 0.4) is 0 Å². The third-order valence-corrected chi connectivity index (χ3v) is 6.52. The van der Waals surface area contributed by atoms with Crippen molar-refractivity contribution in [3.8, 4) is 5.75 Å². The summed E-state index contributed by atoms with van der Waals surface area (Å²) in [6, 6.07) is 9.57. The van der Waals surface area contributed by atoms with Gasteiger partial charge in [0.1, 0.15) is 24.2 Å². The number of ether oxygens (including phenoxy) is 1. The molecule has 0 fully saturated rings. The van der Waals surface area contributed by atoms with Crippen LogP contribution in [0.15, 0.2) is 42.5 Å². The Morgan fingerprint density at radius 3 is 2.44 bits per heavy atom. The van der Waals surface area contributed by atoms with Gasteiger partial charge in [0.15, 0.2) is 0 Å². The maximum atomic E-state index is 13.6. The van der Waals surface area contributed by atoms with Gasteiger partial charge in [-0.05, 0) is 49.2 Å². The van der Waals surface area contributed by atoms with Crippen molar-refractivity contribution in [2.75, 3.05) is 30.8 Å². The molecule has 0 aromatic heterocycles. The van der Waals surface area contributed by atoms with Crippen LogP contribution in [0.25, 0.3) is 0 Å². The molecule has 2 aromatic rings. The highest BCUT2D eigenvalue weighted by Crippen LogP contribution is 2.25. The summed E-state index contributed by atoms with van der Waals surface area (Å²) >= 11 is 5.84. The van der Waals surface area contributed by atoms with Crippen LogP contribution in [0.4, 0.5) is 10.1 Å². The minimum atomic E-state index is -3.94. The van der Waals surface area contributed by atoms with Crippen LogP contribution in [-0.4, -0.2) is 57.6 Å². The summed E-state index contributed by atoms with van der Waals surface area (Å²) in [7, 11) is -2.42. The molecule has 186 valence electrons. The average molecular weight is 514 g/mol. The molecule has 0 aliphatic carbocycles. The molecule has 34 heavy (non-hydrogen) atoms. The maximum absolute atomic E-state index is 13.6. The Bertz CT molecular complexity index is 1130. The van der Waals surface area contributed by atoms with Gasteiger partial charge in [0.2, 0.25) is 21.8 Å². The molecule has 1 atom stereocenters. The van der Waals surface area contributed by atoms with E-state index in [1.807, 2.05) is 0 Å². The van der Waals surface area contributed by atoms with Crippen molar-refractivity contribution >= 4 is 39.1 Å². The summed E-state index contributed by atoms with van der Waals surface area (Å²) in [5, 5.41) is 2.44. The molecule has 0 aliphatic heterocycles. The van der Waals surface area contributed by atoms with Crippen molar-refractivity contribution in [2.45, 2.75) is 32.9 Å². The van der Waals surface area contributed by atoms with Crippen molar-refractivity contribution in [1.82, 2.24) is 10.2 Å². The molecule has 11 heteroatoms. The SMILES string of the molecule is CCNC(=O)[C@@H](CC)N(Cc1cccc(OC)c1)C(=O)CN(c1ccc(F)c(Cl)c1)S(C)(=O)=O. The fourth-order valence-electron chi connectivity index (χ4n) is 3.43. The van der Waals surface area contributed by atoms with E-state index >= 15 is 0 Å². The number of halogens is 2. The van der Waals surface area contributed by atoms with Gasteiger partial charge < -0.3 is 15.0 Å². The summed E-state index contributed by atoms with van der Waals surface area (Å²) in [5.74, 6) is -1.09. The highest BCUT2D eigenvalue weighted by molar-refractivity contribution is 7.92. The normalized spacial score (nSPS) is 12.1. The highest BCUT2D eigenvalue weighted by Gasteiger charge is 2.31. The fourth-order valence-corrected chi connectivity index (χ4v) is 4.45. The zero-order chi connectivity index (χ0) is 25.5. The van der Waals surface area contributed by atoms with E-state index in [-0.39, 0.29) is 23.2 Å². The number of nitrogens with one attached hydrogen (secondary N) is 1. The number of sulfonamides is 1. The number of methoxy groups -OCH3 is 1. The van der Waals surface area contributed by atoms with Crippen molar-refractivity contribution < 1.29 is 27.1 Å². The van der Waals surface area contributed by atoms with Crippen molar-refractivity contribution in [3.05, 3.63) is 58.9 Å². The monoisotopic (exact) mass is 513 g/mol. The molecule has 0 heterocycles. The number of rotatable bonds is 11. The number of carbonyl (C=O) groups excluding carboxylic acids is 2. The van der Waals surface area contributed by atoms with Gasteiger partial charge in [-0.1, -0.05) is 30.7 Å². The number of nitrogens with zero attached hydrogens (tertiary/aromatic N) is 2. The molecule has 2 aromatic carbocycles. The first-order valence-corrected chi connectivity index (χ1v) is 12.9. The first kappa shape index (κ1) is 27.4. The summed E-state index contributed by atoms with van der Waals surface area (Å²) < 4.78 is 44.8. The quantitative estimate of drug-likeness (QED) is 0.498. The third-order valence-electron chi connectivity index (χ3n) is 5.09. The number of anilines is 1. The predicted octanol–water partition coefficient (Wildman–Crippen LogP) is 3.20. The number of carbonyl (C=O) groups is 2. The summed E-state index contributed by atoms with van der Waals surface area (Å²) in [5.41, 5.74) is 0.737. The standard InChI is InChI=1S/C23H29ClFN3O5S/c1-5-21(23(30)26-6-2)27(14-16-8-7-9-18(12-16)33-3)22(29)15-28(34(4,31)32)17-10-11-20(25)19(24)13-17/h7-13,21H,5-6,14-15H2,1-4H3,(H,26,30)/t21-/m1/s1. The van der Waals surface area contributed by atoms with E-state index in [4.69, 9.17) is 16.3 Å². The zero-order valence-corrected chi connectivity index (χ0v) is 21.1. The first-order chi connectivity index (χ1) is 16.0. The van der Waals surface area contributed by atoms with Gasteiger partial charge in [-0.15, -0.1) is 0 Å². The Morgan fingerprint density at radius 2 is 1.88 bits per heavy atom. The van der Waals surface area contributed by atoms with Crippen LogP contribution >= 0.6 is 11.6 Å². The van der Waals surface area contributed by atoms with Crippen LogP contribution in [-0.2, 0) is 26.2 Å². The van der Waals surface area contributed by atoms with Gasteiger partial charge in [-0.2, -0.15) is 0 Å². The van der Waals surface area contributed by atoms with Crippen LogP contribution in [0.5, 0.6) is 5.75 Å². The molecule has 8 nitrogen and oxygen atoms in total. The predicted molar refractivity (Wildman–Crippen MR) is 130 cm³/mol. The Hall–Kier alpha value is -2.85. The first-order valence-electron chi connectivity index (χ1n) is 10.6. The second-order valence-corrected chi connectivity index (χ2v) is 9.87. The van der Waals surface area contributed by atoms with Crippen LogP contribution < -0.4 is 14.4 Å². The molecule has 0 bridgehead atoms. The van der Waals surface area contributed by atoms with Gasteiger partial charge in [-0.25, -0.2) is 12.8 Å². The molecule has 2 rings (SSSR count). The van der Waals surface area contributed by atoms with Crippen molar-refractivity contribution in [2.24, 2.45) is 0 Å². The smallest absolute Gasteiger partial charge is 0.244 e. The minimum Gasteiger partial charge on any atom is -0.497 e. The lowest BCUT2D eigenvalue weighted by Gasteiger charge is -2.32. The molecule has 2 amide bonds. The number of amides is 2. The van der Waals surface area contributed by atoms with E-state index < -0.39 is 34.3 Å². The number of likely N-dealkylation sites (N-methyl/N-ethyl adjacent to an activating group) is 1. The molecular weight excluding hydrogens is 485 g/mol. The summed E-state index contributed by atoms with van der Waals surface area (Å²) in [6.07, 6.45) is 1.24. The molecule has 0 aliphatic rings. The van der Waals surface area contributed by atoms with E-state index in [1.54, 1.807) is 38.1 Å². The van der Waals surface area contributed by atoms with Gasteiger partial charge in [0, 0.05) is 13.1 Å². The van der Waals surface area contributed by atoms with E-state index in [9.17, 15) is 22.4 Å². The second-order valence-electron chi connectivity index (χ2n) is 7.56. The van der Waals surface area contributed by atoms with E-state index in [0.717, 1.165) is 22.7 Å². The van der Waals surface area contributed by atoms with Crippen LogP contribution in [0, 0.1) is 5.82 Å². The zero-order valence-electron chi connectivity index (χ0n) is 19.5. The Morgan fingerprint density at radius 1 is 1.18 bits per heavy atom. The number of hydrogen-bond donors (Lipinski definition) is 1. The molecule has 0 unspecified atom stereocenters. The minimum absolute atomic E-state index is 0.0367. The van der Waals surface area contributed by atoms with Crippen LogP contribution in [0.2, 0.25) is 5.02 Å². The van der Waals surface area contributed by atoms with Gasteiger partial charge in [0.05, 0.1) is 24.1 Å². The molecular formula is C23H29ClFN3O5S. The third kappa shape index (κ3) is 7.07. The molecule has 0 saturated heterocycles. The average Bonchev–Trinajstić information content (AvgIpc) is 2.78. The maximum Gasteiger partial charge on any atom is 0.244 e. The Kier molecular flexibility index (Phi) is 9.69. The highest BCUT2D eigenvalue weighted by atomic mass is 35.5. The molecule has 0 radical (unpaired) electrons. The van der Waals surface area contributed by atoms with E-state index in [0.29, 0.717) is 24.3 Å². The number of hydrogen-bond acceptors (Lipinski definition) is 5.